The van der Waals surface area contributed by atoms with Gasteiger partial charge in [0.1, 0.15) is 0 Å². The van der Waals surface area contributed by atoms with Gasteiger partial charge in [0.2, 0.25) is 0 Å². The van der Waals surface area contributed by atoms with E-state index in [0.29, 0.717) is 0 Å². The summed E-state index contributed by atoms with van der Waals surface area (Å²) in [6.45, 7) is 0. The first-order chi connectivity index (χ1) is 11.9. The molecule has 114 valence electrons. The van der Waals surface area contributed by atoms with Crippen molar-refractivity contribution in [2.45, 2.75) is 0 Å². The van der Waals surface area contributed by atoms with Gasteiger partial charge in [-0.05, 0) is 36.4 Å². The van der Waals surface area contributed by atoms with E-state index in [1.165, 1.54) is 0 Å². The monoisotopic (exact) mass is 310 g/mol. The standard InChI is InChI=1S/C20H14N4/c1-3-9-23-19(5-1)15-7-11-21-13-17(15)18-14-22-12-8-16(18)20-6-2-4-10-24-20/h1-14H. The molecule has 0 aromatic carbocycles. The Morgan fingerprint density at radius 3 is 1.38 bits per heavy atom. The molecule has 0 N–H and O–H groups in total. The fourth-order valence-corrected chi connectivity index (χ4v) is 2.71. The predicted molar refractivity (Wildman–Crippen MR) is 93.9 cm³/mol. The molecule has 0 amide bonds. The maximum atomic E-state index is 4.47. The van der Waals surface area contributed by atoms with E-state index in [1.807, 2.05) is 60.9 Å². The molecule has 4 heteroatoms. The van der Waals surface area contributed by atoms with Crippen molar-refractivity contribution in [3.8, 4) is 33.6 Å². The Hall–Kier alpha value is -3.40. The summed E-state index contributed by atoms with van der Waals surface area (Å²) in [7, 11) is 0. The third-order valence-corrected chi connectivity index (χ3v) is 3.81. The zero-order chi connectivity index (χ0) is 16.2. The lowest BCUT2D eigenvalue weighted by Gasteiger charge is -2.12. The van der Waals surface area contributed by atoms with Gasteiger partial charge >= 0.3 is 0 Å². The van der Waals surface area contributed by atoms with E-state index in [9.17, 15) is 0 Å². The normalized spacial score (nSPS) is 10.5. The van der Waals surface area contributed by atoms with Crippen LogP contribution in [-0.4, -0.2) is 19.9 Å². The highest BCUT2D eigenvalue weighted by Crippen LogP contribution is 2.35. The van der Waals surface area contributed by atoms with Gasteiger partial charge in [0, 0.05) is 59.4 Å². The first-order valence-electron chi connectivity index (χ1n) is 7.65. The third kappa shape index (κ3) is 2.65. The quantitative estimate of drug-likeness (QED) is 0.567. The van der Waals surface area contributed by atoms with Gasteiger partial charge in [0.15, 0.2) is 0 Å². The molecule has 4 heterocycles. The fraction of sp³-hybridized carbons (Fsp3) is 0. The Bertz CT molecular complexity index is 872. The molecule has 0 saturated carbocycles. The summed E-state index contributed by atoms with van der Waals surface area (Å²) in [6, 6.07) is 15.7. The highest BCUT2D eigenvalue weighted by atomic mass is 14.7. The lowest BCUT2D eigenvalue weighted by molar-refractivity contribution is 1.26. The van der Waals surface area contributed by atoms with Crippen LogP contribution in [0.25, 0.3) is 33.6 Å². The molecule has 4 rings (SSSR count). The molecule has 0 aliphatic heterocycles. The highest BCUT2D eigenvalue weighted by Gasteiger charge is 2.13. The van der Waals surface area contributed by atoms with Crippen molar-refractivity contribution in [2.75, 3.05) is 0 Å². The largest absolute Gasteiger partial charge is 0.264 e. The zero-order valence-corrected chi connectivity index (χ0v) is 12.9. The van der Waals surface area contributed by atoms with Crippen LogP contribution < -0.4 is 0 Å². The first-order valence-corrected chi connectivity index (χ1v) is 7.65. The molecule has 0 spiro atoms. The van der Waals surface area contributed by atoms with Crippen LogP contribution in [0.3, 0.4) is 0 Å². The summed E-state index contributed by atoms with van der Waals surface area (Å²) in [6.07, 6.45) is 10.9. The zero-order valence-electron chi connectivity index (χ0n) is 12.9. The van der Waals surface area contributed by atoms with Crippen LogP contribution in [0, 0.1) is 0 Å². The summed E-state index contributed by atoms with van der Waals surface area (Å²) in [5.41, 5.74) is 5.85. The lowest BCUT2D eigenvalue weighted by Crippen LogP contribution is -1.93. The number of pyridine rings is 4. The van der Waals surface area contributed by atoms with Crippen molar-refractivity contribution in [3.63, 3.8) is 0 Å². The van der Waals surface area contributed by atoms with E-state index in [0.717, 1.165) is 33.6 Å². The number of nitrogens with zero attached hydrogens (tertiary/aromatic N) is 4. The van der Waals surface area contributed by atoms with Crippen LogP contribution >= 0.6 is 0 Å². The summed E-state index contributed by atoms with van der Waals surface area (Å²) < 4.78 is 0. The molecule has 0 aliphatic carbocycles. The molecule has 0 unspecified atom stereocenters. The van der Waals surface area contributed by atoms with E-state index in [-0.39, 0.29) is 0 Å². The second-order valence-electron chi connectivity index (χ2n) is 5.27. The molecule has 4 aromatic heterocycles. The molecule has 0 atom stereocenters. The van der Waals surface area contributed by atoms with E-state index in [1.54, 1.807) is 24.8 Å². The molecule has 0 bridgehead atoms. The van der Waals surface area contributed by atoms with Gasteiger partial charge in [-0.3, -0.25) is 19.9 Å². The summed E-state index contributed by atoms with van der Waals surface area (Å²) in [4.78, 5) is 17.6. The Balaban J connectivity index is 1.93. The maximum absolute atomic E-state index is 4.47. The average Bonchev–Trinajstić information content (AvgIpc) is 2.69. The smallest absolute Gasteiger partial charge is 0.0709 e. The van der Waals surface area contributed by atoms with E-state index in [2.05, 4.69) is 19.9 Å². The molecule has 0 radical (unpaired) electrons. The van der Waals surface area contributed by atoms with Gasteiger partial charge in [-0.25, -0.2) is 0 Å². The molecule has 0 saturated heterocycles. The minimum Gasteiger partial charge on any atom is -0.264 e. The van der Waals surface area contributed by atoms with Gasteiger partial charge in [0.05, 0.1) is 11.4 Å². The minimum absolute atomic E-state index is 0.908. The summed E-state index contributed by atoms with van der Waals surface area (Å²) >= 11 is 0. The number of hydrogen-bond donors (Lipinski definition) is 0. The van der Waals surface area contributed by atoms with Gasteiger partial charge in [-0.2, -0.15) is 0 Å². The van der Waals surface area contributed by atoms with Crippen LogP contribution in [0.15, 0.2) is 85.7 Å². The second kappa shape index (κ2) is 6.38. The van der Waals surface area contributed by atoms with E-state index < -0.39 is 0 Å². The Kier molecular flexibility index (Phi) is 3.78. The molecule has 0 aliphatic rings. The van der Waals surface area contributed by atoms with Gasteiger partial charge in [-0.15, -0.1) is 0 Å². The van der Waals surface area contributed by atoms with Crippen molar-refractivity contribution in [2.24, 2.45) is 0 Å². The topological polar surface area (TPSA) is 51.6 Å². The first kappa shape index (κ1) is 14.2. The Morgan fingerprint density at radius 1 is 0.458 bits per heavy atom. The predicted octanol–water partition coefficient (Wildman–Crippen LogP) is 4.27. The van der Waals surface area contributed by atoms with Crippen LogP contribution in [-0.2, 0) is 0 Å². The van der Waals surface area contributed by atoms with Crippen LogP contribution in [0.5, 0.6) is 0 Å². The lowest BCUT2D eigenvalue weighted by atomic mass is 9.95. The van der Waals surface area contributed by atoms with Crippen molar-refractivity contribution in [3.05, 3.63) is 85.7 Å². The molecule has 4 aromatic rings. The third-order valence-electron chi connectivity index (χ3n) is 3.81. The molecular weight excluding hydrogens is 296 g/mol. The second-order valence-corrected chi connectivity index (χ2v) is 5.27. The molecular formula is C20H14N4. The van der Waals surface area contributed by atoms with Crippen molar-refractivity contribution in [1.29, 1.82) is 0 Å². The highest BCUT2D eigenvalue weighted by molar-refractivity contribution is 5.88. The molecule has 0 fully saturated rings. The summed E-state index contributed by atoms with van der Waals surface area (Å²) in [5.74, 6) is 0. The summed E-state index contributed by atoms with van der Waals surface area (Å²) in [5, 5.41) is 0. The van der Waals surface area contributed by atoms with E-state index >= 15 is 0 Å². The minimum atomic E-state index is 0.908. The van der Waals surface area contributed by atoms with E-state index in [4.69, 9.17) is 0 Å². The number of rotatable bonds is 3. The van der Waals surface area contributed by atoms with Crippen molar-refractivity contribution in [1.82, 2.24) is 19.9 Å². The molecule has 24 heavy (non-hydrogen) atoms. The van der Waals surface area contributed by atoms with Gasteiger partial charge in [-0.1, -0.05) is 12.1 Å². The average molecular weight is 310 g/mol. The maximum Gasteiger partial charge on any atom is 0.0709 e. The SMILES string of the molecule is c1ccc(-c2ccncc2-c2cnccc2-c2ccccn2)nc1. The fourth-order valence-electron chi connectivity index (χ4n) is 2.71. The van der Waals surface area contributed by atoms with Crippen LogP contribution in [0.4, 0.5) is 0 Å². The Labute approximate surface area is 139 Å². The number of aromatic nitrogens is 4. The molecule has 4 nitrogen and oxygen atoms in total. The van der Waals surface area contributed by atoms with Crippen molar-refractivity contribution < 1.29 is 0 Å². The van der Waals surface area contributed by atoms with Crippen LogP contribution in [0.1, 0.15) is 0 Å². The van der Waals surface area contributed by atoms with Gasteiger partial charge < -0.3 is 0 Å². The van der Waals surface area contributed by atoms with Crippen molar-refractivity contribution >= 4 is 0 Å². The van der Waals surface area contributed by atoms with Crippen LogP contribution in [0.2, 0.25) is 0 Å². The number of hydrogen-bond acceptors (Lipinski definition) is 4. The van der Waals surface area contributed by atoms with Gasteiger partial charge in [0.25, 0.3) is 0 Å². The Morgan fingerprint density at radius 2 is 0.958 bits per heavy atom.